The molecular weight excluding hydrogens is 296 g/mol. The molecule has 0 radical (unpaired) electrons. The largest absolute Gasteiger partial charge is 0.385 e. The molecule has 2 bridgehead atoms. The van der Waals surface area contributed by atoms with E-state index < -0.39 is 5.60 Å². The molecule has 132 valence electrons. The van der Waals surface area contributed by atoms with Crippen LogP contribution in [0.4, 0.5) is 0 Å². The van der Waals surface area contributed by atoms with E-state index in [4.69, 9.17) is 0 Å². The van der Waals surface area contributed by atoms with E-state index in [9.17, 15) is 5.11 Å². The number of hydrogen-bond acceptors (Lipinski definition) is 3. The van der Waals surface area contributed by atoms with E-state index >= 15 is 0 Å². The number of piperazine rings is 1. The highest BCUT2D eigenvalue weighted by Gasteiger charge is 2.43. The summed E-state index contributed by atoms with van der Waals surface area (Å²) >= 11 is 0. The number of nitrogens with zero attached hydrogens (tertiary/aromatic N) is 2. The number of aliphatic hydroxyl groups is 1. The first-order chi connectivity index (χ1) is 11.7. The van der Waals surface area contributed by atoms with Crippen molar-refractivity contribution in [1.82, 2.24) is 9.80 Å². The fourth-order valence-corrected chi connectivity index (χ4v) is 5.58. The maximum Gasteiger partial charge on any atom is 0.0936 e. The molecule has 3 fully saturated rings. The second kappa shape index (κ2) is 6.78. The fourth-order valence-electron chi connectivity index (χ4n) is 5.58. The van der Waals surface area contributed by atoms with Gasteiger partial charge in [-0.3, -0.25) is 4.90 Å². The van der Waals surface area contributed by atoms with Gasteiger partial charge in [-0.25, -0.2) is 0 Å². The third kappa shape index (κ3) is 3.02. The van der Waals surface area contributed by atoms with Gasteiger partial charge in [0.05, 0.1) is 5.60 Å². The van der Waals surface area contributed by atoms with Crippen LogP contribution < -0.4 is 0 Å². The highest BCUT2D eigenvalue weighted by atomic mass is 16.3. The van der Waals surface area contributed by atoms with Crippen molar-refractivity contribution < 1.29 is 5.11 Å². The molecule has 1 saturated carbocycles. The zero-order valence-electron chi connectivity index (χ0n) is 15.0. The molecule has 0 aromatic heterocycles. The van der Waals surface area contributed by atoms with Gasteiger partial charge in [-0.05, 0) is 50.6 Å². The molecule has 1 aromatic rings. The van der Waals surface area contributed by atoms with Gasteiger partial charge in [-0.2, -0.15) is 0 Å². The van der Waals surface area contributed by atoms with Crippen LogP contribution in [0.1, 0.15) is 50.5 Å². The third-order valence-electron chi connectivity index (χ3n) is 6.87. The lowest BCUT2D eigenvalue weighted by Gasteiger charge is -2.42. The second-order valence-corrected chi connectivity index (χ2v) is 8.37. The minimum Gasteiger partial charge on any atom is -0.385 e. The summed E-state index contributed by atoms with van der Waals surface area (Å²) in [6, 6.07) is 11.9. The van der Waals surface area contributed by atoms with Crippen molar-refractivity contribution in [2.45, 2.75) is 62.6 Å². The van der Waals surface area contributed by atoms with Gasteiger partial charge in [0.25, 0.3) is 0 Å². The quantitative estimate of drug-likeness (QED) is 0.899. The second-order valence-electron chi connectivity index (χ2n) is 8.37. The summed E-state index contributed by atoms with van der Waals surface area (Å²) in [7, 11) is 2.25. The lowest BCUT2D eigenvalue weighted by Crippen LogP contribution is -2.53. The topological polar surface area (TPSA) is 26.7 Å². The van der Waals surface area contributed by atoms with Gasteiger partial charge in [0.15, 0.2) is 0 Å². The molecule has 3 atom stereocenters. The number of likely N-dealkylation sites (N-methyl/N-ethyl adjacent to an activating group) is 1. The Morgan fingerprint density at radius 2 is 1.62 bits per heavy atom. The molecule has 3 heteroatoms. The minimum absolute atomic E-state index is 0.435. The third-order valence-corrected chi connectivity index (χ3v) is 6.87. The molecule has 3 aliphatic rings. The molecule has 0 spiro atoms. The van der Waals surface area contributed by atoms with Crippen molar-refractivity contribution in [1.29, 1.82) is 0 Å². The standard InChI is InChI=1S/C21H32N2O/c1-22-15-19-11-12-20(16-22)23(19)14-13-21(24,18-9-5-6-10-18)17-7-3-2-4-8-17/h2-4,7-8,18-20,24H,5-6,9-16H2,1H3. The molecule has 3 nitrogen and oxygen atoms in total. The van der Waals surface area contributed by atoms with Crippen LogP contribution in [-0.2, 0) is 5.60 Å². The molecule has 1 aromatic carbocycles. The zero-order chi connectivity index (χ0) is 16.6. The number of benzene rings is 1. The number of fused-ring (bicyclic) bond motifs is 2. The van der Waals surface area contributed by atoms with Crippen molar-refractivity contribution in [2.24, 2.45) is 5.92 Å². The highest BCUT2D eigenvalue weighted by Crippen LogP contribution is 2.43. The van der Waals surface area contributed by atoms with Crippen LogP contribution in [0, 0.1) is 5.92 Å². The Bertz CT molecular complexity index is 528. The van der Waals surface area contributed by atoms with Crippen molar-refractivity contribution >= 4 is 0 Å². The van der Waals surface area contributed by atoms with Crippen LogP contribution in [0.15, 0.2) is 30.3 Å². The normalized spacial score (nSPS) is 31.4. The molecule has 1 N–H and O–H groups in total. The molecule has 2 heterocycles. The molecule has 24 heavy (non-hydrogen) atoms. The van der Waals surface area contributed by atoms with Gasteiger partial charge in [0, 0.05) is 31.7 Å². The highest BCUT2D eigenvalue weighted by molar-refractivity contribution is 5.24. The van der Waals surface area contributed by atoms with Gasteiger partial charge in [-0.15, -0.1) is 0 Å². The van der Waals surface area contributed by atoms with E-state index in [0.717, 1.165) is 18.5 Å². The summed E-state index contributed by atoms with van der Waals surface area (Å²) in [6.45, 7) is 3.44. The molecule has 1 aliphatic carbocycles. The Morgan fingerprint density at radius 1 is 1.00 bits per heavy atom. The van der Waals surface area contributed by atoms with Crippen molar-refractivity contribution in [3.63, 3.8) is 0 Å². The van der Waals surface area contributed by atoms with E-state index in [-0.39, 0.29) is 0 Å². The van der Waals surface area contributed by atoms with Gasteiger partial charge < -0.3 is 10.0 Å². The number of hydrogen-bond donors (Lipinski definition) is 1. The van der Waals surface area contributed by atoms with E-state index in [1.54, 1.807) is 0 Å². The Labute approximate surface area is 146 Å². The predicted octanol–water partition coefficient (Wildman–Crippen LogP) is 3.23. The average Bonchev–Trinajstić information content (AvgIpc) is 3.21. The van der Waals surface area contributed by atoms with Crippen molar-refractivity contribution in [3.8, 4) is 0 Å². The average molecular weight is 329 g/mol. The zero-order valence-corrected chi connectivity index (χ0v) is 15.0. The monoisotopic (exact) mass is 328 g/mol. The number of rotatable bonds is 5. The molecular formula is C21H32N2O. The summed E-state index contributed by atoms with van der Waals surface area (Å²) in [5.41, 5.74) is 0.499. The summed E-state index contributed by atoms with van der Waals surface area (Å²) in [5.74, 6) is 0.435. The van der Waals surface area contributed by atoms with Crippen LogP contribution in [-0.4, -0.2) is 53.7 Å². The van der Waals surface area contributed by atoms with Crippen LogP contribution in [0.25, 0.3) is 0 Å². The maximum absolute atomic E-state index is 11.7. The van der Waals surface area contributed by atoms with E-state index in [2.05, 4.69) is 47.2 Å². The first-order valence-corrected chi connectivity index (χ1v) is 9.89. The Kier molecular flexibility index (Phi) is 4.68. The molecule has 4 rings (SSSR count). The van der Waals surface area contributed by atoms with Crippen molar-refractivity contribution in [3.05, 3.63) is 35.9 Å². The Balaban J connectivity index is 1.51. The molecule has 3 unspecified atom stereocenters. The lowest BCUT2D eigenvalue weighted by molar-refractivity contribution is -0.0448. The van der Waals surface area contributed by atoms with Crippen LogP contribution in [0.2, 0.25) is 0 Å². The van der Waals surface area contributed by atoms with Crippen LogP contribution in [0.5, 0.6) is 0 Å². The van der Waals surface area contributed by atoms with Crippen LogP contribution >= 0.6 is 0 Å². The fraction of sp³-hybridized carbons (Fsp3) is 0.714. The van der Waals surface area contributed by atoms with E-state index in [1.807, 2.05) is 0 Å². The van der Waals surface area contributed by atoms with Crippen LogP contribution in [0.3, 0.4) is 0 Å². The SMILES string of the molecule is CN1CC2CCC(C1)N2CCC(O)(c1ccccc1)C1CCCC1. The molecule has 0 amide bonds. The first kappa shape index (κ1) is 16.6. The van der Waals surface area contributed by atoms with Gasteiger partial charge >= 0.3 is 0 Å². The number of likely N-dealkylation sites (tertiary alicyclic amines) is 1. The lowest BCUT2D eigenvalue weighted by atomic mass is 9.77. The summed E-state index contributed by atoms with van der Waals surface area (Å²) < 4.78 is 0. The maximum atomic E-state index is 11.7. The van der Waals surface area contributed by atoms with Gasteiger partial charge in [0.2, 0.25) is 0 Å². The summed E-state index contributed by atoms with van der Waals surface area (Å²) in [4.78, 5) is 5.20. The Morgan fingerprint density at radius 3 is 2.25 bits per heavy atom. The Hall–Kier alpha value is -0.900. The summed E-state index contributed by atoms with van der Waals surface area (Å²) in [5, 5.41) is 11.7. The van der Waals surface area contributed by atoms with Crippen molar-refractivity contribution in [2.75, 3.05) is 26.7 Å². The van der Waals surface area contributed by atoms with E-state index in [1.165, 1.54) is 51.6 Å². The van der Waals surface area contributed by atoms with Gasteiger partial charge in [-0.1, -0.05) is 43.2 Å². The molecule has 2 saturated heterocycles. The van der Waals surface area contributed by atoms with E-state index in [0.29, 0.717) is 18.0 Å². The molecule has 2 aliphatic heterocycles. The minimum atomic E-state index is -0.638. The first-order valence-electron chi connectivity index (χ1n) is 9.89. The smallest absolute Gasteiger partial charge is 0.0936 e. The van der Waals surface area contributed by atoms with Gasteiger partial charge in [0.1, 0.15) is 0 Å². The predicted molar refractivity (Wildman–Crippen MR) is 97.9 cm³/mol. The summed E-state index contributed by atoms with van der Waals surface area (Å²) in [6.07, 6.45) is 8.48.